The maximum atomic E-state index is 13.7. The lowest BCUT2D eigenvalue weighted by Crippen LogP contribution is -2.51. The first kappa shape index (κ1) is 20.8. The van der Waals surface area contributed by atoms with Gasteiger partial charge >= 0.3 is 0 Å². The molecule has 0 N–H and O–H groups in total. The maximum Gasteiger partial charge on any atom is 0.287 e. The molecular weight excluding hydrogens is 414 g/mol. The monoisotopic (exact) mass is 440 g/mol. The van der Waals surface area contributed by atoms with Crippen LogP contribution >= 0.6 is 0 Å². The second-order valence-electron chi connectivity index (χ2n) is 8.77. The average Bonchev–Trinajstić information content (AvgIpc) is 3.38. The van der Waals surface area contributed by atoms with Crippen LogP contribution in [0.2, 0.25) is 0 Å². The van der Waals surface area contributed by atoms with E-state index in [2.05, 4.69) is 15.1 Å². The van der Waals surface area contributed by atoms with E-state index in [1.54, 1.807) is 18.5 Å². The van der Waals surface area contributed by atoms with Crippen LogP contribution in [-0.2, 0) is 17.1 Å². The van der Waals surface area contributed by atoms with E-state index in [1.165, 1.54) is 6.07 Å². The highest BCUT2D eigenvalue weighted by Gasteiger charge is 2.42. The Labute approximate surface area is 185 Å². The third-order valence-corrected chi connectivity index (χ3v) is 6.55. The first-order chi connectivity index (χ1) is 15.4. The summed E-state index contributed by atoms with van der Waals surface area (Å²) in [5, 5.41) is 4.27. The SMILES string of the molecule is CC(F)(F)c1cccc(N2CCN3C(=O)[C@@H](CCCc4cccc5ncnn45)C[C@H]3C2)n1. The molecule has 1 amide bonds. The number of rotatable bonds is 6. The summed E-state index contributed by atoms with van der Waals surface area (Å²) in [6, 6.07) is 10.8. The lowest BCUT2D eigenvalue weighted by molar-refractivity contribution is -0.132. The van der Waals surface area contributed by atoms with Crippen LogP contribution < -0.4 is 4.90 Å². The van der Waals surface area contributed by atoms with Crippen molar-refractivity contribution in [3.8, 4) is 0 Å². The Morgan fingerprint density at radius 2 is 2.00 bits per heavy atom. The summed E-state index contributed by atoms with van der Waals surface area (Å²) in [6.45, 7) is 2.70. The van der Waals surface area contributed by atoms with Crippen molar-refractivity contribution in [3.63, 3.8) is 0 Å². The van der Waals surface area contributed by atoms with Gasteiger partial charge in [-0.15, -0.1) is 0 Å². The third-order valence-electron chi connectivity index (χ3n) is 6.55. The van der Waals surface area contributed by atoms with E-state index in [-0.39, 0.29) is 23.6 Å². The van der Waals surface area contributed by atoms with Gasteiger partial charge in [0.05, 0.1) is 6.04 Å². The molecule has 2 fully saturated rings. The fourth-order valence-corrected chi connectivity index (χ4v) is 4.92. The molecule has 0 saturated carbocycles. The standard InChI is InChI=1S/C23H26F2N6O/c1-23(24,25)19-8-4-10-21(28-19)29-11-12-30-18(14-29)13-16(22(30)32)5-2-6-17-7-3-9-20-26-15-27-31(17)20/h3-4,7-10,15-16,18H,2,5-6,11-14H2,1H3/t16-,18-/m0/s1. The van der Waals surface area contributed by atoms with Crippen molar-refractivity contribution in [2.75, 3.05) is 24.5 Å². The number of nitrogens with zero attached hydrogens (tertiary/aromatic N) is 6. The van der Waals surface area contributed by atoms with Gasteiger partial charge in [-0.1, -0.05) is 12.1 Å². The second-order valence-corrected chi connectivity index (χ2v) is 8.77. The number of carbonyl (C=O) groups is 1. The predicted octanol–water partition coefficient (Wildman–Crippen LogP) is 3.30. The molecule has 3 aromatic heterocycles. The van der Waals surface area contributed by atoms with Crippen molar-refractivity contribution >= 4 is 17.4 Å². The molecule has 0 radical (unpaired) electrons. The van der Waals surface area contributed by atoms with E-state index in [4.69, 9.17) is 0 Å². The topological polar surface area (TPSA) is 66.6 Å². The minimum Gasteiger partial charge on any atom is -0.353 e. The first-order valence-corrected chi connectivity index (χ1v) is 11.1. The van der Waals surface area contributed by atoms with Crippen molar-refractivity contribution in [2.24, 2.45) is 5.92 Å². The number of pyridine rings is 2. The molecule has 9 heteroatoms. The smallest absolute Gasteiger partial charge is 0.287 e. The van der Waals surface area contributed by atoms with Crippen LogP contribution in [0.3, 0.4) is 0 Å². The summed E-state index contributed by atoms with van der Waals surface area (Å²) >= 11 is 0. The average molecular weight is 440 g/mol. The molecule has 0 unspecified atom stereocenters. The number of amides is 1. The highest BCUT2D eigenvalue weighted by Crippen LogP contribution is 2.33. The number of alkyl halides is 2. The Kier molecular flexibility index (Phi) is 5.27. The summed E-state index contributed by atoms with van der Waals surface area (Å²) in [6.07, 6.45) is 4.91. The summed E-state index contributed by atoms with van der Waals surface area (Å²) in [4.78, 5) is 25.3. The van der Waals surface area contributed by atoms with Gasteiger partial charge in [0.1, 0.15) is 17.8 Å². The molecule has 2 atom stereocenters. The molecule has 5 rings (SSSR count). The number of anilines is 1. The number of fused-ring (bicyclic) bond motifs is 2. The zero-order valence-electron chi connectivity index (χ0n) is 18.0. The number of aryl methyl sites for hydroxylation is 1. The molecule has 2 saturated heterocycles. The van der Waals surface area contributed by atoms with E-state index >= 15 is 0 Å². The molecule has 5 heterocycles. The highest BCUT2D eigenvalue weighted by molar-refractivity contribution is 5.82. The van der Waals surface area contributed by atoms with Gasteiger partial charge in [0, 0.05) is 38.2 Å². The number of hydrogen-bond donors (Lipinski definition) is 0. The fraction of sp³-hybridized carbons (Fsp3) is 0.478. The molecule has 0 aromatic carbocycles. The molecule has 2 aliphatic rings. The number of aromatic nitrogens is 4. The Balaban J connectivity index is 1.21. The van der Waals surface area contributed by atoms with E-state index in [9.17, 15) is 13.6 Å². The summed E-state index contributed by atoms with van der Waals surface area (Å²) in [5.74, 6) is -2.19. The third kappa shape index (κ3) is 3.91. The zero-order valence-corrected chi connectivity index (χ0v) is 18.0. The molecule has 0 aliphatic carbocycles. The molecule has 0 bridgehead atoms. The van der Waals surface area contributed by atoms with Crippen LogP contribution in [0.15, 0.2) is 42.7 Å². The van der Waals surface area contributed by atoms with Crippen LogP contribution in [0.4, 0.5) is 14.6 Å². The van der Waals surface area contributed by atoms with Crippen LogP contribution in [-0.4, -0.2) is 56.1 Å². The minimum atomic E-state index is -2.97. The number of piperazine rings is 1. The Bertz CT molecular complexity index is 1130. The van der Waals surface area contributed by atoms with Crippen LogP contribution in [0.25, 0.3) is 5.65 Å². The van der Waals surface area contributed by atoms with Crippen molar-refractivity contribution in [3.05, 3.63) is 54.1 Å². The Hall–Kier alpha value is -3.10. The molecule has 3 aromatic rings. The molecule has 32 heavy (non-hydrogen) atoms. The van der Waals surface area contributed by atoms with Gasteiger partial charge < -0.3 is 9.80 Å². The van der Waals surface area contributed by atoms with Crippen molar-refractivity contribution < 1.29 is 13.6 Å². The van der Waals surface area contributed by atoms with Gasteiger partial charge in [0.2, 0.25) is 5.91 Å². The highest BCUT2D eigenvalue weighted by atomic mass is 19.3. The van der Waals surface area contributed by atoms with Gasteiger partial charge in [-0.05, 0) is 49.9 Å². The van der Waals surface area contributed by atoms with E-state index in [0.717, 1.165) is 43.9 Å². The van der Waals surface area contributed by atoms with E-state index in [0.29, 0.717) is 25.5 Å². The fourth-order valence-electron chi connectivity index (χ4n) is 4.92. The number of hydrogen-bond acceptors (Lipinski definition) is 5. The van der Waals surface area contributed by atoms with Crippen LogP contribution in [0, 0.1) is 5.92 Å². The minimum absolute atomic E-state index is 0.00849. The second kappa shape index (κ2) is 8.11. The molecular formula is C23H26F2N6O. The predicted molar refractivity (Wildman–Crippen MR) is 116 cm³/mol. The largest absolute Gasteiger partial charge is 0.353 e. The lowest BCUT2D eigenvalue weighted by Gasteiger charge is -2.38. The van der Waals surface area contributed by atoms with Crippen molar-refractivity contribution in [2.45, 2.75) is 44.6 Å². The Morgan fingerprint density at radius 3 is 2.84 bits per heavy atom. The Morgan fingerprint density at radius 1 is 1.16 bits per heavy atom. The van der Waals surface area contributed by atoms with Gasteiger partial charge in [0.25, 0.3) is 5.92 Å². The van der Waals surface area contributed by atoms with Crippen LogP contribution in [0.1, 0.15) is 37.6 Å². The van der Waals surface area contributed by atoms with Crippen molar-refractivity contribution in [1.29, 1.82) is 0 Å². The molecule has 168 valence electrons. The molecule has 0 spiro atoms. The molecule has 2 aliphatic heterocycles. The lowest BCUT2D eigenvalue weighted by atomic mass is 9.97. The zero-order chi connectivity index (χ0) is 22.3. The normalized spacial score (nSPS) is 21.4. The van der Waals surface area contributed by atoms with Gasteiger partial charge in [-0.25, -0.2) is 14.5 Å². The van der Waals surface area contributed by atoms with Gasteiger partial charge in [0.15, 0.2) is 5.65 Å². The number of carbonyl (C=O) groups excluding carboxylic acids is 1. The number of halogens is 2. The summed E-state index contributed by atoms with van der Waals surface area (Å²) in [5.41, 5.74) is 1.70. The van der Waals surface area contributed by atoms with Gasteiger partial charge in [-0.2, -0.15) is 13.9 Å². The molecule has 7 nitrogen and oxygen atoms in total. The quantitative estimate of drug-likeness (QED) is 0.589. The van der Waals surface area contributed by atoms with Crippen LogP contribution in [0.5, 0.6) is 0 Å². The van der Waals surface area contributed by atoms with E-state index < -0.39 is 5.92 Å². The first-order valence-electron chi connectivity index (χ1n) is 11.1. The van der Waals surface area contributed by atoms with E-state index in [1.807, 2.05) is 32.5 Å². The summed E-state index contributed by atoms with van der Waals surface area (Å²) < 4.78 is 29.2. The van der Waals surface area contributed by atoms with Gasteiger partial charge in [-0.3, -0.25) is 4.79 Å². The maximum absolute atomic E-state index is 13.7. The van der Waals surface area contributed by atoms with Crippen molar-refractivity contribution in [1.82, 2.24) is 24.5 Å². The summed E-state index contributed by atoms with van der Waals surface area (Å²) in [7, 11) is 0.